The van der Waals surface area contributed by atoms with Gasteiger partial charge in [0.1, 0.15) is 17.7 Å². The van der Waals surface area contributed by atoms with Crippen molar-refractivity contribution < 1.29 is 28.2 Å². The number of hydrogen-bond donors (Lipinski definition) is 3. The molecule has 1 unspecified atom stereocenters. The average Bonchev–Trinajstić information content (AvgIpc) is 3.18. The fourth-order valence-electron chi connectivity index (χ4n) is 4.92. The number of halogens is 2. The van der Waals surface area contributed by atoms with E-state index in [1.54, 1.807) is 19.1 Å². The van der Waals surface area contributed by atoms with Crippen molar-refractivity contribution in [3.05, 3.63) is 51.8 Å². The molecule has 216 valence electrons. The SMILES string of the molecule is Br.CCOc1c(C(=O)NC)cc2c(c1F)CN(CC(=O)c1cc3c(c(C(C)(C)C)c1)OC(C)CN3C(N)=O)C2=N. The van der Waals surface area contributed by atoms with Crippen LogP contribution in [0.25, 0.3) is 0 Å². The van der Waals surface area contributed by atoms with E-state index in [4.69, 9.17) is 20.6 Å². The molecule has 2 aliphatic heterocycles. The van der Waals surface area contributed by atoms with Crippen LogP contribution in [-0.2, 0) is 12.0 Å². The van der Waals surface area contributed by atoms with Gasteiger partial charge in [0, 0.05) is 35.8 Å². The van der Waals surface area contributed by atoms with Crippen molar-refractivity contribution >= 4 is 46.2 Å². The second-order valence-corrected chi connectivity index (χ2v) is 10.7. The maximum atomic E-state index is 15.5. The molecule has 0 saturated heterocycles. The number of carbonyl (C=O) groups excluding carboxylic acids is 3. The third-order valence-corrected chi connectivity index (χ3v) is 6.85. The van der Waals surface area contributed by atoms with E-state index in [0.29, 0.717) is 17.0 Å². The minimum absolute atomic E-state index is 0. The highest BCUT2D eigenvalue weighted by molar-refractivity contribution is 8.93. The lowest BCUT2D eigenvalue weighted by Gasteiger charge is -2.36. The number of carbonyl (C=O) groups is 3. The number of fused-ring (bicyclic) bond motifs is 2. The zero-order valence-electron chi connectivity index (χ0n) is 23.4. The van der Waals surface area contributed by atoms with Crippen LogP contribution in [0.2, 0.25) is 0 Å². The molecule has 0 radical (unpaired) electrons. The molecular weight excluding hydrogens is 585 g/mol. The smallest absolute Gasteiger partial charge is 0.319 e. The minimum atomic E-state index is -0.722. The number of benzene rings is 2. The fourth-order valence-corrected chi connectivity index (χ4v) is 4.92. The highest BCUT2D eigenvalue weighted by atomic mass is 79.9. The number of nitrogens with zero attached hydrogens (tertiary/aromatic N) is 2. The van der Waals surface area contributed by atoms with Crippen molar-refractivity contribution in [2.45, 2.75) is 52.7 Å². The molecule has 2 aliphatic rings. The van der Waals surface area contributed by atoms with Gasteiger partial charge in [0.2, 0.25) is 0 Å². The molecule has 0 aromatic heterocycles. The Balaban J connectivity index is 0.00000441. The molecular formula is C28H35BrFN5O5. The molecule has 2 aromatic rings. The third kappa shape index (κ3) is 5.49. The van der Waals surface area contributed by atoms with Crippen LogP contribution < -0.4 is 25.4 Å². The molecule has 4 N–H and O–H groups in total. The van der Waals surface area contributed by atoms with Gasteiger partial charge in [-0.3, -0.25) is 19.9 Å². The zero-order valence-corrected chi connectivity index (χ0v) is 25.2. The summed E-state index contributed by atoms with van der Waals surface area (Å²) in [5.74, 6) is -1.34. The van der Waals surface area contributed by atoms with Crippen LogP contribution in [0.15, 0.2) is 18.2 Å². The Labute approximate surface area is 243 Å². The van der Waals surface area contributed by atoms with Crippen molar-refractivity contribution in [3.63, 3.8) is 0 Å². The fraction of sp³-hybridized carbons (Fsp3) is 0.429. The molecule has 1 atom stereocenters. The number of amides is 3. The normalized spacial score (nSPS) is 16.0. The summed E-state index contributed by atoms with van der Waals surface area (Å²) >= 11 is 0. The van der Waals surface area contributed by atoms with Crippen LogP contribution in [0.5, 0.6) is 11.5 Å². The van der Waals surface area contributed by atoms with Gasteiger partial charge in [0.05, 0.1) is 30.9 Å². The number of ketones is 1. The van der Waals surface area contributed by atoms with Crippen molar-refractivity contribution in [2.75, 3.05) is 31.6 Å². The van der Waals surface area contributed by atoms with E-state index in [1.165, 1.54) is 22.9 Å². The molecule has 2 aromatic carbocycles. The minimum Gasteiger partial charge on any atom is -0.490 e. The van der Waals surface area contributed by atoms with E-state index in [9.17, 15) is 14.4 Å². The van der Waals surface area contributed by atoms with Crippen LogP contribution in [0, 0.1) is 11.2 Å². The average molecular weight is 621 g/mol. The van der Waals surface area contributed by atoms with Crippen LogP contribution in [-0.4, -0.2) is 61.3 Å². The molecule has 0 saturated carbocycles. The summed E-state index contributed by atoms with van der Waals surface area (Å²) in [5.41, 5.74) is 7.10. The van der Waals surface area contributed by atoms with Gasteiger partial charge >= 0.3 is 6.03 Å². The molecule has 0 aliphatic carbocycles. The van der Waals surface area contributed by atoms with Crippen LogP contribution >= 0.6 is 17.0 Å². The first-order valence-electron chi connectivity index (χ1n) is 12.8. The molecule has 40 heavy (non-hydrogen) atoms. The first-order chi connectivity index (χ1) is 18.3. The number of rotatable bonds is 6. The van der Waals surface area contributed by atoms with Crippen LogP contribution in [0.3, 0.4) is 0 Å². The number of Topliss-reactive ketones (excluding diaryl/α,β-unsaturated/α-hetero) is 1. The standard InChI is InChI=1S/C28H34FN5O5.BrH/c1-7-38-23-17(26(36)32-6)10-16-18(22(23)29)12-33(25(16)30)13-21(35)15-8-19(28(3,4)5)24-20(9-15)34(27(31)37)11-14(2)39-24;/h8-10,14,30H,7,11-13H2,1-6H3,(H2,31,37)(H,32,36);1H. The van der Waals surface area contributed by atoms with E-state index in [-0.39, 0.29) is 83.4 Å². The van der Waals surface area contributed by atoms with Gasteiger partial charge in [-0.25, -0.2) is 9.18 Å². The van der Waals surface area contributed by atoms with E-state index < -0.39 is 23.2 Å². The number of anilines is 1. The van der Waals surface area contributed by atoms with Crippen LogP contribution in [0.4, 0.5) is 14.9 Å². The summed E-state index contributed by atoms with van der Waals surface area (Å²) in [6.07, 6.45) is -0.285. The second kappa shape index (κ2) is 11.4. The Kier molecular flexibility index (Phi) is 8.83. The summed E-state index contributed by atoms with van der Waals surface area (Å²) in [6.45, 7) is 9.59. The monoisotopic (exact) mass is 619 g/mol. The van der Waals surface area contributed by atoms with Crippen molar-refractivity contribution in [2.24, 2.45) is 5.73 Å². The molecule has 4 rings (SSSR count). The largest absolute Gasteiger partial charge is 0.490 e. The molecule has 12 heteroatoms. The van der Waals surface area contributed by atoms with Gasteiger partial charge in [-0.2, -0.15) is 0 Å². The topological polar surface area (TPSA) is 138 Å². The molecule has 10 nitrogen and oxygen atoms in total. The molecule has 0 fully saturated rings. The summed E-state index contributed by atoms with van der Waals surface area (Å²) in [6, 6.07) is 4.09. The van der Waals surface area contributed by atoms with Crippen molar-refractivity contribution in [1.29, 1.82) is 5.41 Å². The summed E-state index contributed by atoms with van der Waals surface area (Å²) < 4.78 is 27.0. The maximum absolute atomic E-state index is 15.5. The predicted molar refractivity (Wildman–Crippen MR) is 155 cm³/mol. The molecule has 0 spiro atoms. The number of nitrogens with two attached hydrogens (primary N) is 1. The molecule has 3 amide bonds. The number of nitrogens with one attached hydrogen (secondary N) is 2. The highest BCUT2D eigenvalue weighted by Gasteiger charge is 2.36. The number of amidine groups is 1. The lowest BCUT2D eigenvalue weighted by atomic mass is 9.84. The Morgan fingerprint density at radius 3 is 2.50 bits per heavy atom. The lowest BCUT2D eigenvalue weighted by Crippen LogP contribution is -2.45. The van der Waals surface area contributed by atoms with Crippen LogP contribution in [0.1, 0.15) is 72.0 Å². The Morgan fingerprint density at radius 1 is 1.25 bits per heavy atom. The Morgan fingerprint density at radius 2 is 1.93 bits per heavy atom. The number of ether oxygens (including phenoxy) is 2. The molecule has 2 heterocycles. The lowest BCUT2D eigenvalue weighted by molar-refractivity contribution is 0.0952. The number of urea groups is 1. The first kappa shape index (κ1) is 30.9. The van der Waals surface area contributed by atoms with E-state index in [1.807, 2.05) is 27.7 Å². The number of hydrogen-bond acceptors (Lipinski definition) is 6. The maximum Gasteiger partial charge on any atom is 0.319 e. The van der Waals surface area contributed by atoms with Gasteiger partial charge in [-0.15, -0.1) is 17.0 Å². The Hall–Kier alpha value is -3.67. The van der Waals surface area contributed by atoms with Gasteiger partial charge in [-0.1, -0.05) is 20.8 Å². The summed E-state index contributed by atoms with van der Waals surface area (Å²) in [5, 5.41) is 11.1. The van der Waals surface area contributed by atoms with Crippen molar-refractivity contribution in [1.82, 2.24) is 10.2 Å². The highest BCUT2D eigenvalue weighted by Crippen LogP contribution is 2.43. The zero-order chi connectivity index (χ0) is 28.8. The summed E-state index contributed by atoms with van der Waals surface area (Å²) in [4.78, 5) is 41.1. The summed E-state index contributed by atoms with van der Waals surface area (Å²) in [7, 11) is 1.43. The van der Waals surface area contributed by atoms with Crippen molar-refractivity contribution in [3.8, 4) is 11.5 Å². The van der Waals surface area contributed by atoms with Gasteiger partial charge in [0.15, 0.2) is 17.3 Å². The second-order valence-electron chi connectivity index (χ2n) is 10.7. The van der Waals surface area contributed by atoms with E-state index >= 15 is 4.39 Å². The van der Waals surface area contributed by atoms with Gasteiger partial charge in [-0.05, 0) is 37.5 Å². The number of primary amides is 1. The van der Waals surface area contributed by atoms with E-state index in [2.05, 4.69) is 5.32 Å². The quantitative estimate of drug-likeness (QED) is 0.415. The molecule has 0 bridgehead atoms. The first-order valence-corrected chi connectivity index (χ1v) is 12.8. The van der Waals surface area contributed by atoms with Gasteiger partial charge in [0.25, 0.3) is 5.91 Å². The third-order valence-electron chi connectivity index (χ3n) is 6.85. The predicted octanol–water partition coefficient (Wildman–Crippen LogP) is 4.15. The van der Waals surface area contributed by atoms with E-state index in [0.717, 1.165) is 5.56 Å². The van der Waals surface area contributed by atoms with Gasteiger partial charge < -0.3 is 25.4 Å². The Bertz CT molecular complexity index is 1390.